The van der Waals surface area contributed by atoms with Gasteiger partial charge in [0.15, 0.2) is 0 Å². The molecule has 0 unspecified atom stereocenters. The molecule has 0 fully saturated rings. The van der Waals surface area contributed by atoms with Crippen LogP contribution >= 0.6 is 11.3 Å². The molecule has 124 valence electrons. The first kappa shape index (κ1) is 16.1. The molecule has 0 aliphatic rings. The molecule has 0 spiro atoms. The van der Waals surface area contributed by atoms with Gasteiger partial charge in [0.05, 0.1) is 10.6 Å². The molecule has 0 amide bonds. The monoisotopic (exact) mass is 353 g/mol. The highest BCUT2D eigenvalue weighted by Crippen LogP contribution is 2.23. The summed E-state index contributed by atoms with van der Waals surface area (Å²) in [6.45, 7) is 0. The lowest BCUT2D eigenvalue weighted by molar-refractivity contribution is 0.480. The minimum absolute atomic E-state index is 0.201. The maximum atomic E-state index is 9.94. The summed E-state index contributed by atoms with van der Waals surface area (Å²) in [5.74, 6) is 6.57. The maximum Gasteiger partial charge on any atom is 0.141 e. The van der Waals surface area contributed by atoms with Crippen molar-refractivity contribution in [2.45, 2.75) is 0 Å². The van der Waals surface area contributed by atoms with Gasteiger partial charge in [-0.25, -0.2) is 4.98 Å². The minimum Gasteiger partial charge on any atom is -0.506 e. The number of nitrogens with zero attached hydrogens (tertiary/aromatic N) is 1. The van der Waals surface area contributed by atoms with Gasteiger partial charge >= 0.3 is 0 Å². The van der Waals surface area contributed by atoms with Gasteiger partial charge in [0.25, 0.3) is 0 Å². The van der Waals surface area contributed by atoms with Crippen molar-refractivity contribution in [3.05, 3.63) is 93.8 Å². The van der Waals surface area contributed by atoms with Crippen LogP contribution in [0.3, 0.4) is 0 Å². The zero-order chi connectivity index (χ0) is 17.8. The Balaban J connectivity index is 1.54. The third-order valence-corrected chi connectivity index (χ3v) is 4.84. The molecule has 26 heavy (non-hydrogen) atoms. The largest absolute Gasteiger partial charge is 0.506 e. The van der Waals surface area contributed by atoms with Crippen LogP contribution in [-0.2, 0) is 0 Å². The number of pyridine rings is 1. The van der Waals surface area contributed by atoms with E-state index in [4.69, 9.17) is 0 Å². The van der Waals surface area contributed by atoms with Crippen LogP contribution in [0.2, 0.25) is 0 Å². The fourth-order valence-electron chi connectivity index (χ4n) is 2.57. The van der Waals surface area contributed by atoms with Crippen molar-refractivity contribution < 1.29 is 5.11 Å². The van der Waals surface area contributed by atoms with Crippen LogP contribution in [0.1, 0.15) is 21.0 Å². The summed E-state index contributed by atoms with van der Waals surface area (Å²) in [5, 5.41) is 10.9. The predicted molar refractivity (Wildman–Crippen MR) is 109 cm³/mol. The molecule has 3 heteroatoms. The van der Waals surface area contributed by atoms with E-state index in [1.165, 1.54) is 0 Å². The summed E-state index contributed by atoms with van der Waals surface area (Å²) in [4.78, 5) is 6.65. The normalized spacial score (nSPS) is 10.8. The second-order valence-corrected chi connectivity index (χ2v) is 6.85. The number of aromatic nitrogens is 1. The lowest BCUT2D eigenvalue weighted by Gasteiger charge is -2.00. The molecule has 2 nitrogen and oxygen atoms in total. The molecule has 0 bridgehead atoms. The van der Waals surface area contributed by atoms with Gasteiger partial charge in [-0.15, -0.1) is 11.3 Å². The Bertz CT molecular complexity index is 1150. The van der Waals surface area contributed by atoms with Crippen molar-refractivity contribution in [3.63, 3.8) is 0 Å². The lowest BCUT2D eigenvalue weighted by atomic mass is 10.2. The molecular formula is C23H15NOS. The van der Waals surface area contributed by atoms with E-state index in [0.717, 1.165) is 26.4 Å². The Kier molecular flexibility index (Phi) is 4.51. The van der Waals surface area contributed by atoms with Crippen molar-refractivity contribution >= 4 is 34.4 Å². The van der Waals surface area contributed by atoms with Gasteiger partial charge in [0.2, 0.25) is 0 Å². The highest BCUT2D eigenvalue weighted by Gasteiger charge is 2.01. The standard InChI is InChI=1S/C23H15NOS/c25-22-8-4-7-18-10-11-19(24-23(18)22)12-14-21-16-15-20(26-21)13-9-17-5-2-1-3-6-17/h1-8,10-12,14-16,25H/b14-12+. The topological polar surface area (TPSA) is 33.1 Å². The van der Waals surface area contributed by atoms with E-state index in [-0.39, 0.29) is 5.75 Å². The van der Waals surface area contributed by atoms with E-state index in [2.05, 4.69) is 22.9 Å². The Morgan fingerprint density at radius 2 is 1.69 bits per heavy atom. The second-order valence-electron chi connectivity index (χ2n) is 5.74. The molecule has 0 radical (unpaired) electrons. The predicted octanol–water partition coefficient (Wildman–Crippen LogP) is 5.57. The summed E-state index contributed by atoms with van der Waals surface area (Å²) in [6.07, 6.45) is 3.97. The molecule has 2 aromatic heterocycles. The van der Waals surface area contributed by atoms with Gasteiger partial charge in [-0.2, -0.15) is 0 Å². The van der Waals surface area contributed by atoms with Crippen LogP contribution in [0.5, 0.6) is 5.75 Å². The molecule has 0 atom stereocenters. The number of phenols is 1. The van der Waals surface area contributed by atoms with Crippen molar-refractivity contribution in [2.75, 3.05) is 0 Å². The van der Waals surface area contributed by atoms with Crippen LogP contribution in [-0.4, -0.2) is 10.1 Å². The fraction of sp³-hybridized carbons (Fsp3) is 0. The number of aromatic hydroxyl groups is 1. The Morgan fingerprint density at radius 3 is 2.58 bits per heavy atom. The van der Waals surface area contributed by atoms with Crippen LogP contribution in [0.4, 0.5) is 0 Å². The lowest BCUT2D eigenvalue weighted by Crippen LogP contribution is -1.83. The zero-order valence-corrected chi connectivity index (χ0v) is 14.7. The van der Waals surface area contributed by atoms with Crippen molar-refractivity contribution in [3.8, 4) is 17.6 Å². The van der Waals surface area contributed by atoms with Crippen molar-refractivity contribution in [2.24, 2.45) is 0 Å². The average Bonchev–Trinajstić information content (AvgIpc) is 3.14. The van der Waals surface area contributed by atoms with Gasteiger partial charge in [-0.1, -0.05) is 48.2 Å². The maximum absolute atomic E-state index is 9.94. The van der Waals surface area contributed by atoms with Gasteiger partial charge < -0.3 is 5.11 Å². The van der Waals surface area contributed by atoms with Crippen molar-refractivity contribution in [1.82, 2.24) is 4.98 Å². The molecule has 0 saturated heterocycles. The van der Waals surface area contributed by atoms with E-state index in [0.29, 0.717) is 5.52 Å². The molecule has 2 heterocycles. The molecule has 4 rings (SSSR count). The van der Waals surface area contributed by atoms with E-state index < -0.39 is 0 Å². The number of hydrogen-bond acceptors (Lipinski definition) is 3. The Labute approximate surface area is 156 Å². The molecule has 1 N–H and O–H groups in total. The highest BCUT2D eigenvalue weighted by molar-refractivity contribution is 7.13. The van der Waals surface area contributed by atoms with Crippen LogP contribution in [0, 0.1) is 11.8 Å². The Hall–Kier alpha value is -3.35. The SMILES string of the molecule is Oc1cccc2ccc(/C=C/c3ccc(C#Cc4ccccc4)s3)nc12. The number of phenolic OH excluding ortho intramolecular Hbond substituents is 1. The third kappa shape index (κ3) is 3.66. The summed E-state index contributed by atoms with van der Waals surface area (Å²) in [5.41, 5.74) is 2.44. The highest BCUT2D eigenvalue weighted by atomic mass is 32.1. The minimum atomic E-state index is 0.201. The first-order valence-electron chi connectivity index (χ1n) is 8.22. The zero-order valence-electron chi connectivity index (χ0n) is 13.9. The van der Waals surface area contributed by atoms with Crippen LogP contribution in [0.25, 0.3) is 23.1 Å². The van der Waals surface area contributed by atoms with Crippen molar-refractivity contribution in [1.29, 1.82) is 0 Å². The number of fused-ring (bicyclic) bond motifs is 1. The summed E-state index contributed by atoms with van der Waals surface area (Å²) in [7, 11) is 0. The second kappa shape index (κ2) is 7.26. The first-order chi connectivity index (χ1) is 12.8. The third-order valence-electron chi connectivity index (χ3n) is 3.87. The molecule has 0 saturated carbocycles. The van der Waals surface area contributed by atoms with Gasteiger partial charge in [0, 0.05) is 15.8 Å². The quantitative estimate of drug-likeness (QED) is 0.478. The van der Waals surface area contributed by atoms with Crippen LogP contribution in [0.15, 0.2) is 72.8 Å². The van der Waals surface area contributed by atoms with E-state index in [1.807, 2.05) is 72.8 Å². The fourth-order valence-corrected chi connectivity index (χ4v) is 3.34. The molecule has 4 aromatic rings. The van der Waals surface area contributed by atoms with Gasteiger partial charge in [0.1, 0.15) is 11.3 Å². The summed E-state index contributed by atoms with van der Waals surface area (Å²) >= 11 is 1.64. The van der Waals surface area contributed by atoms with Crippen LogP contribution < -0.4 is 0 Å². The average molecular weight is 353 g/mol. The number of hydrogen-bond donors (Lipinski definition) is 1. The molecule has 0 aliphatic carbocycles. The molecule has 2 aromatic carbocycles. The number of para-hydroxylation sites is 1. The van der Waals surface area contributed by atoms with E-state index in [9.17, 15) is 5.11 Å². The summed E-state index contributed by atoms with van der Waals surface area (Å²) in [6, 6.07) is 23.4. The molecule has 0 aliphatic heterocycles. The Morgan fingerprint density at radius 1 is 0.808 bits per heavy atom. The van der Waals surface area contributed by atoms with E-state index >= 15 is 0 Å². The number of thiophene rings is 1. The number of benzene rings is 2. The first-order valence-corrected chi connectivity index (χ1v) is 9.03. The van der Waals surface area contributed by atoms with Gasteiger partial charge in [-0.05, 0) is 48.6 Å². The summed E-state index contributed by atoms with van der Waals surface area (Å²) < 4.78 is 0. The van der Waals surface area contributed by atoms with Gasteiger partial charge in [-0.3, -0.25) is 0 Å². The smallest absolute Gasteiger partial charge is 0.141 e. The molecular weight excluding hydrogens is 338 g/mol. The number of rotatable bonds is 2. The van der Waals surface area contributed by atoms with E-state index in [1.54, 1.807) is 17.4 Å².